The van der Waals surface area contributed by atoms with Gasteiger partial charge in [-0.2, -0.15) is 0 Å². The number of hydrogen-bond donors (Lipinski definition) is 1. The van der Waals surface area contributed by atoms with E-state index in [4.69, 9.17) is 0 Å². The van der Waals surface area contributed by atoms with E-state index in [-0.39, 0.29) is 11.8 Å². The van der Waals surface area contributed by atoms with E-state index in [0.717, 1.165) is 5.56 Å². The van der Waals surface area contributed by atoms with Gasteiger partial charge in [0.15, 0.2) is 0 Å². The van der Waals surface area contributed by atoms with Crippen molar-refractivity contribution in [1.82, 2.24) is 10.2 Å². The zero-order chi connectivity index (χ0) is 12.7. The van der Waals surface area contributed by atoms with Crippen LogP contribution < -0.4 is 5.32 Å². The molecular formula is C13H19FN2O. The Morgan fingerprint density at radius 2 is 2.06 bits per heavy atom. The largest absolute Gasteiger partial charge is 0.338 e. The fourth-order valence-electron chi connectivity index (χ4n) is 1.63. The summed E-state index contributed by atoms with van der Waals surface area (Å²) in [7, 11) is 0. The van der Waals surface area contributed by atoms with Gasteiger partial charge in [-0.15, -0.1) is 0 Å². The molecule has 0 radical (unpaired) electrons. The van der Waals surface area contributed by atoms with E-state index in [9.17, 15) is 9.18 Å². The van der Waals surface area contributed by atoms with Gasteiger partial charge in [0.25, 0.3) is 0 Å². The van der Waals surface area contributed by atoms with Crippen molar-refractivity contribution in [2.45, 2.75) is 20.3 Å². The molecule has 0 aliphatic carbocycles. The number of carbonyl (C=O) groups is 1. The van der Waals surface area contributed by atoms with Crippen LogP contribution in [0.1, 0.15) is 19.4 Å². The number of amides is 2. The van der Waals surface area contributed by atoms with Gasteiger partial charge in [0, 0.05) is 19.6 Å². The van der Waals surface area contributed by atoms with Gasteiger partial charge in [-0.25, -0.2) is 9.18 Å². The number of nitrogens with one attached hydrogen (secondary N) is 1. The predicted molar refractivity (Wildman–Crippen MR) is 66.4 cm³/mol. The van der Waals surface area contributed by atoms with E-state index in [1.165, 1.54) is 12.1 Å². The quantitative estimate of drug-likeness (QED) is 0.839. The Labute approximate surface area is 102 Å². The fourth-order valence-corrected chi connectivity index (χ4v) is 1.63. The van der Waals surface area contributed by atoms with Crippen molar-refractivity contribution < 1.29 is 9.18 Å². The zero-order valence-electron chi connectivity index (χ0n) is 10.4. The molecule has 0 aliphatic heterocycles. The molecule has 1 N–H and O–H groups in total. The Bertz CT molecular complexity index is 364. The molecule has 0 bridgehead atoms. The molecule has 1 aromatic rings. The van der Waals surface area contributed by atoms with Gasteiger partial charge in [-0.05, 0) is 38.0 Å². The van der Waals surface area contributed by atoms with Gasteiger partial charge >= 0.3 is 6.03 Å². The van der Waals surface area contributed by atoms with Gasteiger partial charge in [-0.3, -0.25) is 0 Å². The Morgan fingerprint density at radius 1 is 1.35 bits per heavy atom. The molecule has 0 unspecified atom stereocenters. The van der Waals surface area contributed by atoms with Crippen molar-refractivity contribution in [3.63, 3.8) is 0 Å². The minimum atomic E-state index is -0.238. The lowest BCUT2D eigenvalue weighted by molar-refractivity contribution is 0.203. The molecule has 17 heavy (non-hydrogen) atoms. The maximum Gasteiger partial charge on any atom is 0.317 e. The van der Waals surface area contributed by atoms with Crippen LogP contribution in [-0.4, -0.2) is 30.6 Å². The number of carbonyl (C=O) groups excluding carboxylic acids is 1. The molecule has 0 atom stereocenters. The normalized spacial score (nSPS) is 10.1. The highest BCUT2D eigenvalue weighted by atomic mass is 19.1. The summed E-state index contributed by atoms with van der Waals surface area (Å²) in [6.07, 6.45) is 0.644. The van der Waals surface area contributed by atoms with Crippen molar-refractivity contribution in [3.8, 4) is 0 Å². The van der Waals surface area contributed by atoms with Crippen LogP contribution in [0.3, 0.4) is 0 Å². The third-order valence-corrected chi connectivity index (χ3v) is 2.63. The average Bonchev–Trinajstić information content (AvgIpc) is 2.30. The Morgan fingerprint density at radius 3 is 2.65 bits per heavy atom. The molecule has 0 saturated carbocycles. The maximum absolute atomic E-state index is 12.9. The number of benzene rings is 1. The number of halogens is 1. The Balaban J connectivity index is 2.35. The van der Waals surface area contributed by atoms with Crippen LogP contribution in [0, 0.1) is 5.82 Å². The second-order valence-electron chi connectivity index (χ2n) is 3.78. The summed E-state index contributed by atoms with van der Waals surface area (Å²) in [6.45, 7) is 5.80. The lowest BCUT2D eigenvalue weighted by Gasteiger charge is -2.19. The molecule has 0 fully saturated rings. The summed E-state index contributed by atoms with van der Waals surface area (Å²) in [5.74, 6) is -0.238. The van der Waals surface area contributed by atoms with Gasteiger partial charge in [0.1, 0.15) is 5.82 Å². The van der Waals surface area contributed by atoms with Crippen molar-refractivity contribution in [3.05, 3.63) is 35.6 Å². The average molecular weight is 238 g/mol. The highest BCUT2D eigenvalue weighted by Crippen LogP contribution is 2.03. The van der Waals surface area contributed by atoms with Crippen LogP contribution in [0.25, 0.3) is 0 Å². The van der Waals surface area contributed by atoms with E-state index in [2.05, 4.69) is 5.32 Å². The van der Waals surface area contributed by atoms with Crippen molar-refractivity contribution in [1.29, 1.82) is 0 Å². The summed E-state index contributed by atoms with van der Waals surface area (Å²) >= 11 is 0. The first-order valence-corrected chi connectivity index (χ1v) is 5.94. The molecule has 3 nitrogen and oxygen atoms in total. The Kier molecular flexibility index (Phi) is 5.46. The van der Waals surface area contributed by atoms with Gasteiger partial charge in [0.2, 0.25) is 0 Å². The van der Waals surface area contributed by atoms with E-state index >= 15 is 0 Å². The molecule has 4 heteroatoms. The standard InChI is InChI=1S/C13H19FN2O/c1-3-16(4-2)13(17)15-9-8-11-6-5-7-12(14)10-11/h5-7,10H,3-4,8-9H2,1-2H3,(H,15,17). The van der Waals surface area contributed by atoms with Gasteiger partial charge in [0.05, 0.1) is 0 Å². The predicted octanol–water partition coefficient (Wildman–Crippen LogP) is 2.42. The smallest absolute Gasteiger partial charge is 0.317 e. The van der Waals surface area contributed by atoms with E-state index < -0.39 is 0 Å². The van der Waals surface area contributed by atoms with E-state index in [1.807, 2.05) is 19.9 Å². The topological polar surface area (TPSA) is 32.3 Å². The molecule has 1 rings (SSSR count). The Hall–Kier alpha value is -1.58. The number of rotatable bonds is 5. The fraction of sp³-hybridized carbons (Fsp3) is 0.462. The lowest BCUT2D eigenvalue weighted by Crippen LogP contribution is -2.40. The van der Waals surface area contributed by atoms with Crippen molar-refractivity contribution in [2.75, 3.05) is 19.6 Å². The maximum atomic E-state index is 12.9. The van der Waals surface area contributed by atoms with Crippen LogP contribution in [0.4, 0.5) is 9.18 Å². The molecule has 0 aromatic heterocycles. The van der Waals surface area contributed by atoms with Gasteiger partial charge < -0.3 is 10.2 Å². The minimum Gasteiger partial charge on any atom is -0.338 e. The van der Waals surface area contributed by atoms with Gasteiger partial charge in [-0.1, -0.05) is 12.1 Å². The minimum absolute atomic E-state index is 0.0635. The highest BCUT2D eigenvalue weighted by molar-refractivity contribution is 5.74. The van der Waals surface area contributed by atoms with Crippen LogP contribution in [0.2, 0.25) is 0 Å². The molecule has 2 amide bonds. The molecular weight excluding hydrogens is 219 g/mol. The van der Waals surface area contributed by atoms with Crippen molar-refractivity contribution >= 4 is 6.03 Å². The molecule has 0 aliphatic rings. The first-order chi connectivity index (χ1) is 8.17. The van der Waals surface area contributed by atoms with Crippen LogP contribution >= 0.6 is 0 Å². The molecule has 0 heterocycles. The number of nitrogens with zero attached hydrogens (tertiary/aromatic N) is 1. The first kappa shape index (κ1) is 13.5. The lowest BCUT2D eigenvalue weighted by atomic mass is 10.1. The molecule has 0 saturated heterocycles. The first-order valence-electron chi connectivity index (χ1n) is 5.94. The molecule has 94 valence electrons. The second kappa shape index (κ2) is 6.89. The third kappa shape index (κ3) is 4.43. The summed E-state index contributed by atoms with van der Waals surface area (Å²) in [5, 5.41) is 2.82. The second-order valence-corrected chi connectivity index (χ2v) is 3.78. The summed E-state index contributed by atoms with van der Waals surface area (Å²) < 4.78 is 12.9. The summed E-state index contributed by atoms with van der Waals surface area (Å²) in [6, 6.07) is 6.37. The SMILES string of the molecule is CCN(CC)C(=O)NCCc1cccc(F)c1. The number of hydrogen-bond acceptors (Lipinski definition) is 1. The number of urea groups is 1. The van der Waals surface area contributed by atoms with E-state index in [1.54, 1.807) is 11.0 Å². The third-order valence-electron chi connectivity index (χ3n) is 2.63. The highest BCUT2D eigenvalue weighted by Gasteiger charge is 2.07. The molecule has 1 aromatic carbocycles. The monoisotopic (exact) mass is 238 g/mol. The zero-order valence-corrected chi connectivity index (χ0v) is 10.4. The summed E-state index contributed by atoms with van der Waals surface area (Å²) in [4.78, 5) is 13.3. The summed E-state index contributed by atoms with van der Waals surface area (Å²) in [5.41, 5.74) is 0.893. The van der Waals surface area contributed by atoms with Crippen molar-refractivity contribution in [2.24, 2.45) is 0 Å². The van der Waals surface area contributed by atoms with Crippen LogP contribution in [-0.2, 0) is 6.42 Å². The molecule has 0 spiro atoms. The van der Waals surface area contributed by atoms with Crippen LogP contribution in [0.15, 0.2) is 24.3 Å². The van der Waals surface area contributed by atoms with E-state index in [0.29, 0.717) is 26.1 Å². The van der Waals surface area contributed by atoms with Crippen LogP contribution in [0.5, 0.6) is 0 Å².